The first-order valence-corrected chi connectivity index (χ1v) is 11.9. The SMILES string of the molecule is CCCCCCN(C(=O)CCCOc1ccc2c(c1)N=C1NC(=O)CN1C2)c1ccccc1. The molecule has 1 N–H and O–H groups in total. The minimum absolute atomic E-state index is 0.0300. The van der Waals surface area contributed by atoms with Gasteiger partial charge in [-0.05, 0) is 36.6 Å². The highest BCUT2D eigenvalue weighted by Crippen LogP contribution is 2.31. The van der Waals surface area contributed by atoms with E-state index in [1.807, 2.05) is 58.3 Å². The third-order valence-corrected chi connectivity index (χ3v) is 5.94. The Bertz CT molecular complexity index is 1010. The summed E-state index contributed by atoms with van der Waals surface area (Å²) in [4.78, 5) is 32.9. The zero-order valence-electron chi connectivity index (χ0n) is 19.3. The molecule has 2 heterocycles. The maximum atomic E-state index is 13.0. The molecule has 0 saturated carbocycles. The molecule has 33 heavy (non-hydrogen) atoms. The molecule has 2 aromatic rings. The van der Waals surface area contributed by atoms with Crippen molar-refractivity contribution >= 4 is 29.1 Å². The van der Waals surface area contributed by atoms with Gasteiger partial charge in [-0.25, -0.2) is 4.99 Å². The van der Waals surface area contributed by atoms with Crippen molar-refractivity contribution in [2.45, 2.75) is 52.0 Å². The van der Waals surface area contributed by atoms with Crippen molar-refractivity contribution in [3.8, 4) is 5.75 Å². The normalized spacial score (nSPS) is 14.3. The Labute approximate surface area is 195 Å². The third kappa shape index (κ3) is 5.92. The average Bonchev–Trinajstić information content (AvgIpc) is 3.19. The quantitative estimate of drug-likeness (QED) is 0.518. The van der Waals surface area contributed by atoms with E-state index in [-0.39, 0.29) is 11.8 Å². The number of para-hydroxylation sites is 1. The van der Waals surface area contributed by atoms with Gasteiger partial charge in [-0.15, -0.1) is 0 Å². The number of nitrogens with one attached hydrogen (secondary N) is 1. The predicted octanol–water partition coefficient (Wildman–Crippen LogP) is 4.39. The Morgan fingerprint density at radius 1 is 1.09 bits per heavy atom. The van der Waals surface area contributed by atoms with Crippen LogP contribution in [-0.2, 0) is 16.1 Å². The number of hydrogen-bond acceptors (Lipinski definition) is 5. The zero-order chi connectivity index (χ0) is 23.0. The molecule has 0 unspecified atom stereocenters. The van der Waals surface area contributed by atoms with Crippen molar-refractivity contribution in [2.24, 2.45) is 4.99 Å². The number of anilines is 1. The van der Waals surface area contributed by atoms with Gasteiger partial charge in [0.1, 0.15) is 12.3 Å². The molecule has 1 saturated heterocycles. The Kier molecular flexibility index (Phi) is 7.60. The number of unbranched alkanes of at least 4 members (excludes halogenated alkanes) is 3. The van der Waals surface area contributed by atoms with Crippen LogP contribution in [0.25, 0.3) is 0 Å². The number of hydrogen-bond donors (Lipinski definition) is 1. The molecular formula is C26H32N4O3. The van der Waals surface area contributed by atoms with Crippen LogP contribution in [0.15, 0.2) is 53.5 Å². The molecule has 2 aromatic carbocycles. The highest BCUT2D eigenvalue weighted by Gasteiger charge is 2.29. The molecule has 2 amide bonds. The lowest BCUT2D eigenvalue weighted by Crippen LogP contribution is -2.32. The molecule has 2 aliphatic heterocycles. The third-order valence-electron chi connectivity index (χ3n) is 5.94. The monoisotopic (exact) mass is 448 g/mol. The van der Waals surface area contributed by atoms with Gasteiger partial charge in [-0.3, -0.25) is 14.9 Å². The van der Waals surface area contributed by atoms with E-state index in [1.54, 1.807) is 0 Å². The maximum absolute atomic E-state index is 13.0. The second kappa shape index (κ2) is 11.0. The maximum Gasteiger partial charge on any atom is 0.246 e. The number of carbonyl (C=O) groups excluding carboxylic acids is 2. The number of amides is 2. The second-order valence-electron chi connectivity index (χ2n) is 8.52. The van der Waals surface area contributed by atoms with Gasteiger partial charge in [0.25, 0.3) is 0 Å². The summed E-state index contributed by atoms with van der Waals surface area (Å²) < 4.78 is 5.91. The topological polar surface area (TPSA) is 74.2 Å². The van der Waals surface area contributed by atoms with Gasteiger partial charge in [0, 0.05) is 31.3 Å². The van der Waals surface area contributed by atoms with Crippen molar-refractivity contribution in [3.05, 3.63) is 54.1 Å². The second-order valence-corrected chi connectivity index (χ2v) is 8.52. The van der Waals surface area contributed by atoms with Crippen LogP contribution >= 0.6 is 0 Å². The van der Waals surface area contributed by atoms with E-state index in [4.69, 9.17) is 4.74 Å². The first kappa shape index (κ1) is 22.8. The van der Waals surface area contributed by atoms with Crippen LogP contribution in [0, 0.1) is 0 Å². The number of aliphatic imine (C=N–C) groups is 1. The number of carbonyl (C=O) groups is 2. The summed E-state index contributed by atoms with van der Waals surface area (Å²) in [6.45, 7) is 4.42. The standard InChI is InChI=1S/C26H32N4O3/c1-2-3-4-8-15-30(21-10-6-5-7-11-21)25(32)12-9-16-33-22-14-13-20-18-29-19-24(31)28-26(29)27-23(20)17-22/h5-7,10-11,13-14,17H,2-4,8-9,12,15-16,18-19H2,1H3,(H,27,28,31). The van der Waals surface area contributed by atoms with Crippen molar-refractivity contribution < 1.29 is 14.3 Å². The molecule has 1 fully saturated rings. The fourth-order valence-corrected chi connectivity index (χ4v) is 4.16. The highest BCUT2D eigenvalue weighted by molar-refractivity contribution is 6.05. The van der Waals surface area contributed by atoms with E-state index >= 15 is 0 Å². The van der Waals surface area contributed by atoms with E-state index in [0.29, 0.717) is 38.5 Å². The lowest BCUT2D eigenvalue weighted by Gasteiger charge is -2.23. The van der Waals surface area contributed by atoms with Crippen LogP contribution < -0.4 is 15.0 Å². The largest absolute Gasteiger partial charge is 0.494 e. The van der Waals surface area contributed by atoms with Crippen molar-refractivity contribution in [1.29, 1.82) is 0 Å². The summed E-state index contributed by atoms with van der Waals surface area (Å²) in [5, 5.41) is 2.78. The van der Waals surface area contributed by atoms with Gasteiger partial charge < -0.3 is 14.5 Å². The molecule has 0 atom stereocenters. The zero-order valence-corrected chi connectivity index (χ0v) is 19.3. The summed E-state index contributed by atoms with van der Waals surface area (Å²) in [7, 11) is 0. The fourth-order valence-electron chi connectivity index (χ4n) is 4.16. The number of rotatable bonds is 11. The van der Waals surface area contributed by atoms with Crippen molar-refractivity contribution in [2.75, 3.05) is 24.6 Å². The molecule has 0 radical (unpaired) electrons. The fraction of sp³-hybridized carbons (Fsp3) is 0.423. The van der Waals surface area contributed by atoms with Crippen LogP contribution in [0.4, 0.5) is 11.4 Å². The molecule has 0 bridgehead atoms. The highest BCUT2D eigenvalue weighted by atomic mass is 16.5. The molecule has 0 spiro atoms. The summed E-state index contributed by atoms with van der Waals surface area (Å²) in [5.41, 5.74) is 2.85. The molecule has 4 rings (SSSR count). The predicted molar refractivity (Wildman–Crippen MR) is 130 cm³/mol. The number of guanidine groups is 1. The Hall–Kier alpha value is -3.35. The molecule has 2 aliphatic rings. The number of ether oxygens (including phenoxy) is 1. The first-order chi connectivity index (χ1) is 16.1. The summed E-state index contributed by atoms with van der Waals surface area (Å²) in [6.07, 6.45) is 5.62. The van der Waals surface area contributed by atoms with Crippen LogP contribution in [0.1, 0.15) is 51.0 Å². The summed E-state index contributed by atoms with van der Waals surface area (Å²) >= 11 is 0. The Balaban J connectivity index is 1.28. The lowest BCUT2D eigenvalue weighted by atomic mass is 10.1. The Morgan fingerprint density at radius 3 is 2.76 bits per heavy atom. The van der Waals surface area contributed by atoms with E-state index in [0.717, 1.165) is 42.1 Å². The molecule has 7 heteroatoms. The minimum Gasteiger partial charge on any atom is -0.494 e. The molecule has 7 nitrogen and oxygen atoms in total. The lowest BCUT2D eigenvalue weighted by molar-refractivity contribution is -0.119. The van der Waals surface area contributed by atoms with E-state index < -0.39 is 0 Å². The number of nitrogens with zero attached hydrogens (tertiary/aromatic N) is 3. The van der Waals surface area contributed by atoms with Crippen molar-refractivity contribution in [3.63, 3.8) is 0 Å². The van der Waals surface area contributed by atoms with Gasteiger partial charge in [0.2, 0.25) is 17.8 Å². The first-order valence-electron chi connectivity index (χ1n) is 11.9. The van der Waals surface area contributed by atoms with Crippen LogP contribution in [0.3, 0.4) is 0 Å². The van der Waals surface area contributed by atoms with E-state index in [2.05, 4.69) is 17.2 Å². The molecule has 0 aliphatic carbocycles. The van der Waals surface area contributed by atoms with Crippen LogP contribution in [0.2, 0.25) is 0 Å². The van der Waals surface area contributed by atoms with E-state index in [9.17, 15) is 9.59 Å². The van der Waals surface area contributed by atoms with Crippen LogP contribution in [-0.4, -0.2) is 42.4 Å². The molecule has 0 aromatic heterocycles. The molecular weight excluding hydrogens is 416 g/mol. The molecule has 174 valence electrons. The van der Waals surface area contributed by atoms with E-state index in [1.165, 1.54) is 12.8 Å². The van der Waals surface area contributed by atoms with Gasteiger partial charge in [-0.1, -0.05) is 50.5 Å². The average molecular weight is 449 g/mol. The van der Waals surface area contributed by atoms with Gasteiger partial charge in [0.15, 0.2) is 0 Å². The summed E-state index contributed by atoms with van der Waals surface area (Å²) in [5.74, 6) is 1.44. The van der Waals surface area contributed by atoms with Crippen molar-refractivity contribution in [1.82, 2.24) is 10.2 Å². The van der Waals surface area contributed by atoms with Gasteiger partial charge in [0.05, 0.1) is 12.3 Å². The Morgan fingerprint density at radius 2 is 1.94 bits per heavy atom. The van der Waals surface area contributed by atoms with Crippen LogP contribution in [0.5, 0.6) is 5.75 Å². The number of benzene rings is 2. The smallest absolute Gasteiger partial charge is 0.246 e. The van der Waals surface area contributed by atoms with Gasteiger partial charge >= 0.3 is 0 Å². The van der Waals surface area contributed by atoms with Gasteiger partial charge in [-0.2, -0.15) is 0 Å². The summed E-state index contributed by atoms with van der Waals surface area (Å²) in [6, 6.07) is 15.7. The number of fused-ring (bicyclic) bond motifs is 2. The minimum atomic E-state index is -0.0300.